The zero-order valence-electron chi connectivity index (χ0n) is 10.0. The first kappa shape index (κ1) is 12.4. The van der Waals surface area contributed by atoms with Crippen LogP contribution in [0.25, 0.3) is 11.0 Å². The van der Waals surface area contributed by atoms with E-state index in [0.717, 1.165) is 5.39 Å². The van der Waals surface area contributed by atoms with Crippen molar-refractivity contribution in [2.75, 3.05) is 20.3 Å². The third kappa shape index (κ3) is 2.62. The van der Waals surface area contributed by atoms with E-state index in [-0.39, 0.29) is 6.61 Å². The molecule has 96 valence electrons. The number of hydrogen-bond donors (Lipinski definition) is 1. The van der Waals surface area contributed by atoms with Gasteiger partial charge in [0.1, 0.15) is 5.58 Å². The molecule has 0 saturated heterocycles. The van der Waals surface area contributed by atoms with E-state index in [9.17, 15) is 4.79 Å². The second kappa shape index (κ2) is 5.55. The highest BCUT2D eigenvalue weighted by Gasteiger charge is 2.08. The van der Waals surface area contributed by atoms with Crippen LogP contribution >= 0.6 is 0 Å². The van der Waals surface area contributed by atoms with Crippen LogP contribution in [0, 0.1) is 0 Å². The molecule has 2 aromatic rings. The Kier molecular flexibility index (Phi) is 3.84. The summed E-state index contributed by atoms with van der Waals surface area (Å²) in [6.45, 7) is 0.472. The minimum Gasteiger partial charge on any atom is -0.493 e. The Balaban J connectivity index is 2.39. The number of aliphatic hydroxyl groups is 1. The van der Waals surface area contributed by atoms with Crippen LogP contribution in [0.5, 0.6) is 11.5 Å². The molecule has 0 radical (unpaired) electrons. The number of aliphatic hydroxyl groups excluding tert-OH is 1. The predicted octanol–water partition coefficient (Wildman–Crippen LogP) is 1.56. The first-order chi connectivity index (χ1) is 8.74. The standard InChI is InChI=1S/C13H14O5/c1-16-11-8-10-9(3-4-13(15)18-10)7-12(11)17-6-2-5-14/h3-4,7-8,14H,2,5-6H2,1H3. The van der Waals surface area contributed by atoms with E-state index in [0.29, 0.717) is 30.1 Å². The Bertz CT molecular complexity index is 587. The minimum absolute atomic E-state index is 0.0742. The average Bonchev–Trinajstić information content (AvgIpc) is 2.38. The molecule has 0 atom stereocenters. The quantitative estimate of drug-likeness (QED) is 0.644. The zero-order valence-corrected chi connectivity index (χ0v) is 10.0. The lowest BCUT2D eigenvalue weighted by Crippen LogP contribution is -2.02. The maximum Gasteiger partial charge on any atom is 0.336 e. The molecule has 0 saturated carbocycles. The monoisotopic (exact) mass is 250 g/mol. The Morgan fingerprint density at radius 3 is 2.83 bits per heavy atom. The number of fused-ring (bicyclic) bond motifs is 1. The highest BCUT2D eigenvalue weighted by Crippen LogP contribution is 2.31. The van der Waals surface area contributed by atoms with Gasteiger partial charge in [0.05, 0.1) is 13.7 Å². The van der Waals surface area contributed by atoms with Crippen molar-refractivity contribution in [1.29, 1.82) is 0 Å². The van der Waals surface area contributed by atoms with E-state index >= 15 is 0 Å². The summed E-state index contributed by atoms with van der Waals surface area (Å²) in [4.78, 5) is 11.1. The molecule has 0 bridgehead atoms. The van der Waals surface area contributed by atoms with Crippen molar-refractivity contribution in [3.8, 4) is 11.5 Å². The van der Waals surface area contributed by atoms with E-state index in [1.165, 1.54) is 13.2 Å². The molecule has 5 heteroatoms. The van der Waals surface area contributed by atoms with Crippen LogP contribution in [0.3, 0.4) is 0 Å². The Morgan fingerprint density at radius 2 is 2.11 bits per heavy atom. The summed E-state index contributed by atoms with van der Waals surface area (Å²) in [7, 11) is 1.51. The Hall–Kier alpha value is -2.01. The van der Waals surface area contributed by atoms with Crippen LogP contribution < -0.4 is 15.1 Å². The van der Waals surface area contributed by atoms with Gasteiger partial charge in [0.25, 0.3) is 0 Å². The SMILES string of the molecule is COc1cc2oc(=O)ccc2cc1OCCCO. The van der Waals surface area contributed by atoms with Crippen molar-refractivity contribution >= 4 is 11.0 Å². The van der Waals surface area contributed by atoms with Gasteiger partial charge in [-0.15, -0.1) is 0 Å². The van der Waals surface area contributed by atoms with Crippen molar-refractivity contribution in [2.24, 2.45) is 0 Å². The molecule has 1 aromatic heterocycles. The molecule has 0 aliphatic carbocycles. The van der Waals surface area contributed by atoms with E-state index < -0.39 is 5.63 Å². The van der Waals surface area contributed by atoms with E-state index in [1.807, 2.05) is 0 Å². The van der Waals surface area contributed by atoms with Gasteiger partial charge in [0, 0.05) is 30.5 Å². The number of methoxy groups -OCH3 is 1. The third-order valence-corrected chi connectivity index (χ3v) is 2.47. The van der Waals surface area contributed by atoms with Gasteiger partial charge in [-0.25, -0.2) is 4.79 Å². The van der Waals surface area contributed by atoms with Gasteiger partial charge in [0.2, 0.25) is 0 Å². The fraction of sp³-hybridized carbons (Fsp3) is 0.308. The lowest BCUT2D eigenvalue weighted by Gasteiger charge is -2.10. The summed E-state index contributed by atoms with van der Waals surface area (Å²) in [6.07, 6.45) is 0.547. The minimum atomic E-state index is -0.404. The zero-order chi connectivity index (χ0) is 13.0. The van der Waals surface area contributed by atoms with Crippen LogP contribution in [0.2, 0.25) is 0 Å². The molecule has 0 fully saturated rings. The van der Waals surface area contributed by atoms with E-state index in [4.69, 9.17) is 19.0 Å². The van der Waals surface area contributed by atoms with E-state index in [1.54, 1.807) is 18.2 Å². The van der Waals surface area contributed by atoms with Crippen LogP contribution in [0.15, 0.2) is 33.5 Å². The summed E-state index contributed by atoms with van der Waals surface area (Å²) < 4.78 is 15.7. The normalized spacial score (nSPS) is 10.6. The van der Waals surface area contributed by atoms with Gasteiger partial charge in [0.15, 0.2) is 11.5 Å². The fourth-order valence-electron chi connectivity index (χ4n) is 1.59. The highest BCUT2D eigenvalue weighted by atomic mass is 16.5. The number of ether oxygens (including phenoxy) is 2. The number of hydrogen-bond acceptors (Lipinski definition) is 5. The molecule has 0 spiro atoms. The van der Waals surface area contributed by atoms with Gasteiger partial charge >= 0.3 is 5.63 Å². The van der Waals surface area contributed by atoms with Crippen LogP contribution in [-0.4, -0.2) is 25.4 Å². The Labute approximate surface area is 104 Å². The largest absolute Gasteiger partial charge is 0.493 e. The molecular weight excluding hydrogens is 236 g/mol. The average molecular weight is 250 g/mol. The second-order valence-corrected chi connectivity index (χ2v) is 3.72. The molecule has 1 heterocycles. The van der Waals surface area contributed by atoms with Crippen molar-refractivity contribution in [3.05, 3.63) is 34.7 Å². The molecule has 0 aliphatic heterocycles. The maximum absolute atomic E-state index is 11.1. The molecule has 2 rings (SSSR count). The van der Waals surface area contributed by atoms with Crippen LogP contribution in [0.1, 0.15) is 6.42 Å². The first-order valence-electron chi connectivity index (χ1n) is 5.60. The lowest BCUT2D eigenvalue weighted by atomic mass is 10.2. The summed E-state index contributed by atoms with van der Waals surface area (Å²) in [5.41, 5.74) is 0.0485. The number of benzene rings is 1. The van der Waals surface area contributed by atoms with Crippen LogP contribution in [0.4, 0.5) is 0 Å². The summed E-state index contributed by atoms with van der Waals surface area (Å²) in [6, 6.07) is 6.38. The summed E-state index contributed by atoms with van der Waals surface area (Å²) >= 11 is 0. The molecule has 1 N–H and O–H groups in total. The summed E-state index contributed by atoms with van der Waals surface area (Å²) in [5.74, 6) is 1.06. The van der Waals surface area contributed by atoms with Crippen molar-refractivity contribution in [1.82, 2.24) is 0 Å². The van der Waals surface area contributed by atoms with Crippen molar-refractivity contribution < 1.29 is 19.0 Å². The molecule has 5 nitrogen and oxygen atoms in total. The molecule has 0 aliphatic rings. The smallest absolute Gasteiger partial charge is 0.336 e. The Morgan fingerprint density at radius 1 is 1.28 bits per heavy atom. The molecule has 1 aromatic carbocycles. The summed E-state index contributed by atoms with van der Waals surface area (Å²) in [5, 5.41) is 9.47. The highest BCUT2D eigenvalue weighted by molar-refractivity contribution is 5.80. The maximum atomic E-state index is 11.1. The third-order valence-electron chi connectivity index (χ3n) is 2.47. The van der Waals surface area contributed by atoms with Gasteiger partial charge in [-0.05, 0) is 12.1 Å². The van der Waals surface area contributed by atoms with Crippen LogP contribution in [-0.2, 0) is 0 Å². The van der Waals surface area contributed by atoms with Gasteiger partial charge < -0.3 is 19.0 Å². The predicted molar refractivity (Wildman–Crippen MR) is 66.2 cm³/mol. The topological polar surface area (TPSA) is 68.9 Å². The van der Waals surface area contributed by atoms with Crippen molar-refractivity contribution in [2.45, 2.75) is 6.42 Å². The molecular formula is C13H14O5. The number of rotatable bonds is 5. The lowest BCUT2D eigenvalue weighted by molar-refractivity contribution is 0.228. The first-order valence-corrected chi connectivity index (χ1v) is 5.60. The fourth-order valence-corrected chi connectivity index (χ4v) is 1.59. The van der Waals surface area contributed by atoms with Gasteiger partial charge in [-0.3, -0.25) is 0 Å². The van der Waals surface area contributed by atoms with Gasteiger partial charge in [-0.2, -0.15) is 0 Å². The van der Waals surface area contributed by atoms with E-state index in [2.05, 4.69) is 0 Å². The second-order valence-electron chi connectivity index (χ2n) is 3.72. The molecule has 0 amide bonds. The molecule has 0 unspecified atom stereocenters. The van der Waals surface area contributed by atoms with Gasteiger partial charge in [-0.1, -0.05) is 0 Å². The van der Waals surface area contributed by atoms with Crippen molar-refractivity contribution in [3.63, 3.8) is 0 Å². The molecule has 18 heavy (non-hydrogen) atoms.